The summed E-state index contributed by atoms with van der Waals surface area (Å²) < 4.78 is 19.6. The van der Waals surface area contributed by atoms with E-state index in [2.05, 4.69) is 39.6 Å². The summed E-state index contributed by atoms with van der Waals surface area (Å²) in [5, 5.41) is 14.4. The normalized spacial score (nSPS) is 18.1. The number of carbonyl (C=O) groups is 1. The molecule has 0 radical (unpaired) electrons. The molecule has 0 aliphatic heterocycles. The first-order valence-electron chi connectivity index (χ1n) is 12.0. The van der Waals surface area contributed by atoms with Gasteiger partial charge in [0.2, 0.25) is 5.89 Å². The molecule has 1 amide bonds. The monoisotopic (exact) mass is 465 g/mol. The second kappa shape index (κ2) is 11.2. The summed E-state index contributed by atoms with van der Waals surface area (Å²) in [4.78, 5) is 14.8. The van der Waals surface area contributed by atoms with Crippen molar-refractivity contribution in [3.8, 4) is 11.5 Å². The quantitative estimate of drug-likeness (QED) is 0.438. The number of halogens is 1. The van der Waals surface area contributed by atoms with Crippen LogP contribution in [0.4, 0.5) is 16.1 Å². The van der Waals surface area contributed by atoms with Gasteiger partial charge < -0.3 is 20.0 Å². The maximum absolute atomic E-state index is 13.8. The highest BCUT2D eigenvalue weighted by atomic mass is 19.1. The zero-order valence-electron chi connectivity index (χ0n) is 19.8. The van der Waals surface area contributed by atoms with Crippen molar-refractivity contribution in [1.82, 2.24) is 15.1 Å². The molecule has 1 aliphatic rings. The molecule has 7 nitrogen and oxygen atoms in total. The lowest BCUT2D eigenvalue weighted by molar-refractivity contribution is 0.102. The minimum Gasteiger partial charge on any atom is -0.403 e. The third-order valence-electron chi connectivity index (χ3n) is 6.52. The van der Waals surface area contributed by atoms with Gasteiger partial charge in [-0.1, -0.05) is 31.1 Å². The predicted molar refractivity (Wildman–Crippen MR) is 131 cm³/mol. The van der Waals surface area contributed by atoms with Crippen LogP contribution in [0.3, 0.4) is 0 Å². The van der Waals surface area contributed by atoms with Crippen LogP contribution >= 0.6 is 0 Å². The van der Waals surface area contributed by atoms with Gasteiger partial charge in [0.25, 0.3) is 5.91 Å². The average Bonchev–Trinajstić information content (AvgIpc) is 3.32. The van der Waals surface area contributed by atoms with Crippen LogP contribution in [0.5, 0.6) is 0 Å². The van der Waals surface area contributed by atoms with Crippen molar-refractivity contribution in [1.29, 1.82) is 0 Å². The number of benzene rings is 2. The third kappa shape index (κ3) is 5.99. The Labute approximate surface area is 199 Å². The van der Waals surface area contributed by atoms with E-state index in [1.165, 1.54) is 31.5 Å². The number of hydrogen-bond donors (Lipinski definition) is 2. The molecule has 8 heteroatoms. The van der Waals surface area contributed by atoms with Crippen molar-refractivity contribution in [3.05, 3.63) is 59.9 Å². The number of nitrogens with one attached hydrogen (secondary N) is 2. The van der Waals surface area contributed by atoms with E-state index in [1.54, 1.807) is 36.4 Å². The third-order valence-corrected chi connectivity index (χ3v) is 6.52. The Morgan fingerprint density at radius 1 is 1.03 bits per heavy atom. The van der Waals surface area contributed by atoms with Crippen LogP contribution in [0, 0.1) is 11.7 Å². The largest absolute Gasteiger partial charge is 0.403 e. The maximum Gasteiger partial charge on any atom is 0.315 e. The number of nitrogens with zero attached hydrogens (tertiary/aromatic N) is 3. The van der Waals surface area contributed by atoms with Gasteiger partial charge in [-0.15, -0.1) is 5.10 Å². The molecule has 2 aromatic carbocycles. The van der Waals surface area contributed by atoms with Crippen LogP contribution in [-0.2, 0) is 0 Å². The lowest BCUT2D eigenvalue weighted by Gasteiger charge is -2.31. The van der Waals surface area contributed by atoms with Crippen molar-refractivity contribution in [2.75, 3.05) is 30.3 Å². The first-order chi connectivity index (χ1) is 16.6. The predicted octanol–water partition coefficient (Wildman–Crippen LogP) is 5.44. The number of anilines is 2. The van der Waals surface area contributed by atoms with Crippen LogP contribution < -0.4 is 10.6 Å². The molecule has 3 aromatic rings. The van der Waals surface area contributed by atoms with Crippen LogP contribution in [0.2, 0.25) is 0 Å². The minimum atomic E-state index is -0.556. The molecule has 0 atom stereocenters. The fraction of sp³-hybridized carbons (Fsp3) is 0.423. The van der Waals surface area contributed by atoms with E-state index in [4.69, 9.17) is 4.42 Å². The van der Waals surface area contributed by atoms with Gasteiger partial charge >= 0.3 is 6.01 Å². The van der Waals surface area contributed by atoms with Gasteiger partial charge in [-0.2, -0.15) is 0 Å². The van der Waals surface area contributed by atoms with Gasteiger partial charge in [-0.25, -0.2) is 4.39 Å². The summed E-state index contributed by atoms with van der Waals surface area (Å²) in [6, 6.07) is 13.7. The van der Waals surface area contributed by atoms with Crippen LogP contribution in [0.25, 0.3) is 11.5 Å². The Morgan fingerprint density at radius 3 is 2.41 bits per heavy atom. The highest BCUT2D eigenvalue weighted by Gasteiger charge is 2.23. The topological polar surface area (TPSA) is 83.3 Å². The Kier molecular flexibility index (Phi) is 7.90. The summed E-state index contributed by atoms with van der Waals surface area (Å²) in [6.07, 6.45) is 4.60. The average molecular weight is 466 g/mol. The summed E-state index contributed by atoms with van der Waals surface area (Å²) in [5.41, 5.74) is 1.30. The molecule has 0 bridgehead atoms. The van der Waals surface area contributed by atoms with E-state index in [1.807, 2.05) is 0 Å². The first kappa shape index (κ1) is 23.9. The molecule has 2 N–H and O–H groups in total. The highest BCUT2D eigenvalue weighted by molar-refractivity contribution is 6.04. The van der Waals surface area contributed by atoms with Gasteiger partial charge in [-0.05, 0) is 81.1 Å². The van der Waals surface area contributed by atoms with E-state index >= 15 is 0 Å². The molecule has 1 aromatic heterocycles. The molecule has 1 heterocycles. The number of hydrogen-bond acceptors (Lipinski definition) is 6. The molecule has 1 aliphatic carbocycles. The van der Waals surface area contributed by atoms with Gasteiger partial charge in [0, 0.05) is 23.8 Å². The summed E-state index contributed by atoms with van der Waals surface area (Å²) in [7, 11) is 0. The number of amides is 1. The van der Waals surface area contributed by atoms with Crippen LogP contribution in [0.1, 0.15) is 49.9 Å². The first-order valence-corrected chi connectivity index (χ1v) is 12.0. The fourth-order valence-corrected chi connectivity index (χ4v) is 4.45. The summed E-state index contributed by atoms with van der Waals surface area (Å²) >= 11 is 0. The summed E-state index contributed by atoms with van der Waals surface area (Å²) in [6.45, 7) is 7.84. The van der Waals surface area contributed by atoms with E-state index in [0.29, 0.717) is 23.6 Å². The molecule has 0 unspecified atom stereocenters. The molecule has 0 spiro atoms. The van der Waals surface area contributed by atoms with Crippen LogP contribution in [-0.4, -0.2) is 46.7 Å². The number of carbonyl (C=O) groups excluding carboxylic acids is 1. The second-order valence-corrected chi connectivity index (χ2v) is 8.77. The highest BCUT2D eigenvalue weighted by Crippen LogP contribution is 2.28. The standard InChI is InChI=1S/C26H32FN5O2/c1-3-32(4-2)17-18-9-13-21(14-10-18)29-26-31-30-25(34-26)19-11-15-20(16-12-19)28-24(33)22-7-5-6-8-23(22)27/h5-8,11-12,15-16,18,21H,3-4,9-10,13-14,17H2,1-2H3,(H,28,33)(H,29,31). The number of rotatable bonds is 9. The zero-order chi connectivity index (χ0) is 23.9. The number of aromatic nitrogens is 2. The van der Waals surface area contributed by atoms with E-state index in [0.717, 1.165) is 37.4 Å². The Bertz CT molecular complexity index is 1070. The van der Waals surface area contributed by atoms with Crippen LogP contribution in [0.15, 0.2) is 52.9 Å². The van der Waals surface area contributed by atoms with E-state index in [-0.39, 0.29) is 5.56 Å². The van der Waals surface area contributed by atoms with Gasteiger partial charge in [0.15, 0.2) is 0 Å². The molecule has 1 saturated carbocycles. The fourth-order valence-electron chi connectivity index (χ4n) is 4.45. The Balaban J connectivity index is 1.29. The molecular formula is C26H32FN5O2. The van der Waals surface area contributed by atoms with Crippen molar-refractivity contribution >= 4 is 17.6 Å². The molecule has 4 rings (SSSR count). The van der Waals surface area contributed by atoms with E-state index in [9.17, 15) is 9.18 Å². The Morgan fingerprint density at radius 2 is 1.74 bits per heavy atom. The minimum absolute atomic E-state index is 0.00119. The zero-order valence-corrected chi connectivity index (χ0v) is 19.8. The molecule has 180 valence electrons. The second-order valence-electron chi connectivity index (χ2n) is 8.77. The lowest BCUT2D eigenvalue weighted by Crippen LogP contribution is -2.34. The van der Waals surface area contributed by atoms with Crippen molar-refractivity contribution in [3.63, 3.8) is 0 Å². The molecule has 34 heavy (non-hydrogen) atoms. The van der Waals surface area contributed by atoms with E-state index < -0.39 is 11.7 Å². The van der Waals surface area contributed by atoms with Crippen molar-refractivity contribution < 1.29 is 13.6 Å². The van der Waals surface area contributed by atoms with Crippen molar-refractivity contribution in [2.45, 2.75) is 45.6 Å². The van der Waals surface area contributed by atoms with Gasteiger partial charge in [0.05, 0.1) is 5.56 Å². The van der Waals surface area contributed by atoms with Gasteiger partial charge in [-0.3, -0.25) is 4.79 Å². The Hall–Kier alpha value is -3.26. The van der Waals surface area contributed by atoms with Crippen molar-refractivity contribution in [2.24, 2.45) is 5.92 Å². The maximum atomic E-state index is 13.8. The lowest BCUT2D eigenvalue weighted by atomic mass is 9.85. The van der Waals surface area contributed by atoms with Gasteiger partial charge in [0.1, 0.15) is 5.82 Å². The molecule has 1 fully saturated rings. The molecule has 0 saturated heterocycles. The molecular weight excluding hydrogens is 433 g/mol. The SMILES string of the molecule is CCN(CC)CC1CCC(Nc2nnc(-c3ccc(NC(=O)c4ccccc4F)cc3)o2)CC1. The summed E-state index contributed by atoms with van der Waals surface area (Å²) in [5.74, 6) is 0.111. The smallest absolute Gasteiger partial charge is 0.315 e.